The molecule has 1 saturated heterocycles. The molecule has 3 heterocycles. The quantitative estimate of drug-likeness (QED) is 0.305. The number of benzene rings is 3. The molecule has 2 amide bonds. The number of carbonyl (C=O) groups is 2. The van der Waals surface area contributed by atoms with Crippen molar-refractivity contribution in [2.24, 2.45) is 0 Å². The zero-order valence-electron chi connectivity index (χ0n) is 19.6. The molecule has 0 spiro atoms. The van der Waals surface area contributed by atoms with Crippen molar-refractivity contribution < 1.29 is 9.59 Å². The second-order valence-electron chi connectivity index (χ2n) is 8.90. The molecule has 6 nitrogen and oxygen atoms in total. The molecule has 4 aromatic rings. The number of carbonyl (C=O) groups excluding carboxylic acids is 2. The molecule has 7 heteroatoms. The average molecular weight is 493 g/mol. The van der Waals surface area contributed by atoms with E-state index >= 15 is 0 Å². The zero-order chi connectivity index (χ0) is 24.5. The second-order valence-corrected chi connectivity index (χ2v) is 9.75. The molecule has 0 radical (unpaired) electrons. The van der Waals surface area contributed by atoms with Crippen LogP contribution in [0.5, 0.6) is 0 Å². The predicted molar refractivity (Wildman–Crippen MR) is 146 cm³/mol. The van der Waals surface area contributed by atoms with Gasteiger partial charge in [-0.05, 0) is 35.9 Å². The number of amides is 2. The smallest absolute Gasteiger partial charge is 0.256 e. The Balaban J connectivity index is 1.25. The van der Waals surface area contributed by atoms with Crippen molar-refractivity contribution in [3.63, 3.8) is 0 Å². The monoisotopic (exact) mass is 492 g/mol. The lowest BCUT2D eigenvalue weighted by atomic mass is 10.0. The van der Waals surface area contributed by atoms with Gasteiger partial charge in [0, 0.05) is 65.2 Å². The van der Waals surface area contributed by atoms with Gasteiger partial charge in [-0.2, -0.15) is 0 Å². The fourth-order valence-electron chi connectivity index (χ4n) is 4.64. The Bertz CT molecular complexity index is 1450. The van der Waals surface area contributed by atoms with Crippen LogP contribution in [0.2, 0.25) is 0 Å². The van der Waals surface area contributed by atoms with Crippen LogP contribution in [-0.4, -0.2) is 48.4 Å². The van der Waals surface area contributed by atoms with Crippen LogP contribution in [0.1, 0.15) is 11.1 Å². The van der Waals surface area contributed by atoms with Crippen molar-refractivity contribution >= 4 is 46.7 Å². The maximum absolute atomic E-state index is 12.8. The number of nitrogens with one attached hydrogen (secondary N) is 1. The van der Waals surface area contributed by atoms with Gasteiger partial charge in [-0.1, -0.05) is 48.5 Å². The lowest BCUT2D eigenvalue weighted by Gasteiger charge is -2.34. The average Bonchev–Trinajstić information content (AvgIpc) is 3.54. The summed E-state index contributed by atoms with van der Waals surface area (Å²) in [5, 5.41) is 6.02. The minimum absolute atomic E-state index is 0.0977. The summed E-state index contributed by atoms with van der Waals surface area (Å²) < 4.78 is 0. The second kappa shape index (κ2) is 9.43. The Labute approximate surface area is 213 Å². The Morgan fingerprint density at radius 1 is 0.889 bits per heavy atom. The molecule has 2 aliphatic rings. The number of fused-ring (bicyclic) bond motifs is 1. The summed E-state index contributed by atoms with van der Waals surface area (Å²) >= 11 is 1.62. The summed E-state index contributed by atoms with van der Waals surface area (Å²) in [7, 11) is 0. The van der Waals surface area contributed by atoms with E-state index in [-0.39, 0.29) is 5.91 Å². The fourth-order valence-corrected chi connectivity index (χ4v) is 5.48. The molecule has 0 aliphatic carbocycles. The van der Waals surface area contributed by atoms with Crippen LogP contribution in [0.25, 0.3) is 33.5 Å². The first kappa shape index (κ1) is 22.2. The lowest BCUT2D eigenvalue weighted by Crippen LogP contribution is -2.45. The van der Waals surface area contributed by atoms with Crippen molar-refractivity contribution in [2.75, 3.05) is 36.4 Å². The van der Waals surface area contributed by atoms with E-state index in [4.69, 9.17) is 4.98 Å². The van der Waals surface area contributed by atoms with E-state index in [0.29, 0.717) is 5.57 Å². The zero-order valence-corrected chi connectivity index (χ0v) is 20.4. The van der Waals surface area contributed by atoms with Crippen molar-refractivity contribution in [3.8, 4) is 21.8 Å². The molecular weight excluding hydrogens is 468 g/mol. The van der Waals surface area contributed by atoms with Gasteiger partial charge in [0.15, 0.2) is 0 Å². The third kappa shape index (κ3) is 4.29. The summed E-state index contributed by atoms with van der Waals surface area (Å²) in [6.07, 6.45) is 2.86. The van der Waals surface area contributed by atoms with E-state index in [1.54, 1.807) is 16.2 Å². The van der Waals surface area contributed by atoms with Crippen LogP contribution in [0.4, 0.5) is 11.4 Å². The summed E-state index contributed by atoms with van der Waals surface area (Å²) in [6, 6.07) is 24.4. The van der Waals surface area contributed by atoms with Gasteiger partial charge in [0.2, 0.25) is 6.41 Å². The highest BCUT2D eigenvalue weighted by Gasteiger charge is 2.25. The van der Waals surface area contributed by atoms with Gasteiger partial charge in [0.1, 0.15) is 5.01 Å². The molecule has 1 fully saturated rings. The minimum Gasteiger partial charge on any atom is -0.368 e. The summed E-state index contributed by atoms with van der Waals surface area (Å²) in [4.78, 5) is 32.7. The summed E-state index contributed by atoms with van der Waals surface area (Å²) in [6.45, 7) is 3.11. The van der Waals surface area contributed by atoms with Crippen LogP contribution in [0.15, 0.2) is 78.2 Å². The topological polar surface area (TPSA) is 65.5 Å². The number of rotatable bonds is 5. The van der Waals surface area contributed by atoms with Crippen LogP contribution < -0.4 is 10.2 Å². The van der Waals surface area contributed by atoms with Gasteiger partial charge >= 0.3 is 0 Å². The largest absolute Gasteiger partial charge is 0.368 e. The van der Waals surface area contributed by atoms with Crippen LogP contribution in [0, 0.1) is 0 Å². The molecule has 1 N–H and O–H groups in total. The highest BCUT2D eigenvalue weighted by molar-refractivity contribution is 7.13. The van der Waals surface area contributed by atoms with E-state index in [0.717, 1.165) is 76.9 Å². The molecular formula is C29H24N4O2S. The summed E-state index contributed by atoms with van der Waals surface area (Å²) in [5.41, 5.74) is 7.43. The van der Waals surface area contributed by atoms with Crippen LogP contribution in [-0.2, 0) is 9.59 Å². The number of thiazole rings is 1. The van der Waals surface area contributed by atoms with Gasteiger partial charge in [0.05, 0.1) is 5.69 Å². The third-order valence-electron chi connectivity index (χ3n) is 6.66. The van der Waals surface area contributed by atoms with E-state index in [2.05, 4.69) is 39.9 Å². The van der Waals surface area contributed by atoms with E-state index in [9.17, 15) is 9.59 Å². The normalized spacial score (nSPS) is 16.2. The lowest BCUT2D eigenvalue weighted by molar-refractivity contribution is -0.118. The molecule has 3 aromatic carbocycles. The number of hydrogen-bond donors (Lipinski definition) is 1. The van der Waals surface area contributed by atoms with E-state index in [1.165, 1.54) is 0 Å². The number of anilines is 2. The van der Waals surface area contributed by atoms with Gasteiger partial charge in [-0.3, -0.25) is 9.59 Å². The Hall–Kier alpha value is -4.23. The van der Waals surface area contributed by atoms with Crippen LogP contribution >= 0.6 is 11.3 Å². The van der Waals surface area contributed by atoms with Gasteiger partial charge in [0.25, 0.3) is 5.91 Å². The SMILES string of the molecule is O=CN1CCN(c2ccc(C=C3C(=O)Nc4ccc(-c5csc(-c6ccccc6)n5)cc43)cc2)CC1. The molecule has 0 saturated carbocycles. The van der Waals surface area contributed by atoms with Gasteiger partial charge < -0.3 is 15.1 Å². The van der Waals surface area contributed by atoms with E-state index < -0.39 is 0 Å². The molecule has 6 rings (SSSR count). The highest BCUT2D eigenvalue weighted by atomic mass is 32.1. The maximum Gasteiger partial charge on any atom is 0.256 e. The standard InChI is InChI=1S/C29H24N4O2S/c34-19-32-12-14-33(15-13-32)23-9-6-20(7-10-23)16-25-24-17-22(8-11-26(24)30-28(25)35)27-18-36-29(31-27)21-4-2-1-3-5-21/h1-11,16-19H,12-15H2,(H,30,35). The van der Waals surface area contributed by atoms with Gasteiger partial charge in [-0.15, -0.1) is 11.3 Å². The van der Waals surface area contributed by atoms with Gasteiger partial charge in [-0.25, -0.2) is 4.98 Å². The van der Waals surface area contributed by atoms with Crippen molar-refractivity contribution in [2.45, 2.75) is 0 Å². The summed E-state index contributed by atoms with van der Waals surface area (Å²) in [5.74, 6) is -0.0977. The maximum atomic E-state index is 12.8. The first-order valence-corrected chi connectivity index (χ1v) is 12.8. The Morgan fingerprint density at radius 2 is 1.67 bits per heavy atom. The number of nitrogens with zero attached hydrogens (tertiary/aromatic N) is 3. The minimum atomic E-state index is -0.0977. The Morgan fingerprint density at radius 3 is 2.42 bits per heavy atom. The molecule has 1 aromatic heterocycles. The molecule has 0 atom stereocenters. The number of piperazine rings is 1. The Kier molecular flexibility index (Phi) is 5.83. The third-order valence-corrected chi connectivity index (χ3v) is 7.55. The molecule has 0 bridgehead atoms. The number of aromatic nitrogens is 1. The fraction of sp³-hybridized carbons (Fsp3) is 0.138. The van der Waals surface area contributed by atoms with E-state index in [1.807, 2.05) is 54.6 Å². The number of hydrogen-bond acceptors (Lipinski definition) is 5. The van der Waals surface area contributed by atoms with Crippen LogP contribution in [0.3, 0.4) is 0 Å². The van der Waals surface area contributed by atoms with Crippen molar-refractivity contribution in [1.29, 1.82) is 0 Å². The molecule has 36 heavy (non-hydrogen) atoms. The predicted octanol–water partition coefficient (Wildman–Crippen LogP) is 5.25. The van der Waals surface area contributed by atoms with Crippen molar-refractivity contribution in [1.82, 2.24) is 9.88 Å². The highest BCUT2D eigenvalue weighted by Crippen LogP contribution is 2.37. The van der Waals surface area contributed by atoms with Crippen molar-refractivity contribution in [3.05, 3.63) is 89.3 Å². The molecule has 178 valence electrons. The first-order valence-electron chi connectivity index (χ1n) is 11.9. The first-order chi connectivity index (χ1) is 17.7. The molecule has 2 aliphatic heterocycles. The molecule has 0 unspecified atom stereocenters.